The standard InChI is InChI=1S/C21H21N3O6/c1-14(2)20(26)22-13-19(25)23-18(12-15-6-4-3-5-7-15)21(27)30-17-10-8-16(9-11-17)24(28)29/h3-11,18H,1,12-13H2,2H3,(H,22,26)(H,23,25). The van der Waals surface area contributed by atoms with Crippen molar-refractivity contribution in [3.05, 3.63) is 82.4 Å². The van der Waals surface area contributed by atoms with Crippen LogP contribution in [0, 0.1) is 10.1 Å². The molecule has 1 unspecified atom stereocenters. The lowest BCUT2D eigenvalue weighted by atomic mass is 10.1. The third-order valence-corrected chi connectivity index (χ3v) is 3.97. The number of nitro benzene ring substituents is 1. The molecule has 0 aliphatic carbocycles. The van der Waals surface area contributed by atoms with Gasteiger partial charge in [-0.05, 0) is 24.6 Å². The summed E-state index contributed by atoms with van der Waals surface area (Å²) in [6, 6.07) is 13.0. The maximum atomic E-state index is 12.6. The van der Waals surface area contributed by atoms with Gasteiger partial charge in [0, 0.05) is 24.1 Å². The van der Waals surface area contributed by atoms with Crippen LogP contribution < -0.4 is 15.4 Å². The maximum absolute atomic E-state index is 12.6. The number of non-ortho nitro benzene ring substituents is 1. The fourth-order valence-corrected chi connectivity index (χ4v) is 2.42. The Bertz CT molecular complexity index is 941. The first-order chi connectivity index (χ1) is 14.3. The summed E-state index contributed by atoms with van der Waals surface area (Å²) < 4.78 is 5.27. The smallest absolute Gasteiger partial charge is 0.334 e. The highest BCUT2D eigenvalue weighted by molar-refractivity contribution is 5.95. The van der Waals surface area contributed by atoms with Crippen molar-refractivity contribution in [1.82, 2.24) is 10.6 Å². The van der Waals surface area contributed by atoms with E-state index in [0.717, 1.165) is 5.56 Å². The first kappa shape index (κ1) is 22.3. The van der Waals surface area contributed by atoms with E-state index < -0.39 is 28.7 Å². The van der Waals surface area contributed by atoms with Crippen molar-refractivity contribution in [3.63, 3.8) is 0 Å². The molecule has 2 aromatic carbocycles. The zero-order chi connectivity index (χ0) is 22.1. The van der Waals surface area contributed by atoms with Crippen LogP contribution in [0.4, 0.5) is 5.69 Å². The number of esters is 1. The Morgan fingerprint density at radius 1 is 1.10 bits per heavy atom. The summed E-state index contributed by atoms with van der Waals surface area (Å²) in [5, 5.41) is 15.7. The highest BCUT2D eigenvalue weighted by Crippen LogP contribution is 2.18. The summed E-state index contributed by atoms with van der Waals surface area (Å²) in [5.74, 6) is -1.69. The number of ether oxygens (including phenoxy) is 1. The topological polar surface area (TPSA) is 128 Å². The number of carbonyl (C=O) groups excluding carboxylic acids is 3. The predicted octanol–water partition coefficient (Wildman–Crippen LogP) is 1.92. The Morgan fingerprint density at radius 2 is 1.73 bits per heavy atom. The lowest BCUT2D eigenvalue weighted by Crippen LogP contribution is -2.48. The molecule has 9 nitrogen and oxygen atoms in total. The van der Waals surface area contributed by atoms with Crippen LogP contribution in [0.15, 0.2) is 66.7 Å². The molecule has 156 valence electrons. The molecule has 0 aromatic heterocycles. The Labute approximate surface area is 172 Å². The molecule has 2 amide bonds. The monoisotopic (exact) mass is 411 g/mol. The van der Waals surface area contributed by atoms with Gasteiger partial charge in [0.25, 0.3) is 5.69 Å². The second kappa shape index (κ2) is 10.5. The van der Waals surface area contributed by atoms with Crippen molar-refractivity contribution in [1.29, 1.82) is 0 Å². The second-order valence-electron chi connectivity index (χ2n) is 6.44. The van der Waals surface area contributed by atoms with Gasteiger partial charge in [-0.1, -0.05) is 36.9 Å². The molecule has 1 atom stereocenters. The molecule has 2 N–H and O–H groups in total. The molecule has 0 radical (unpaired) electrons. The molecular weight excluding hydrogens is 390 g/mol. The quantitative estimate of drug-likeness (QED) is 0.213. The number of hydrogen-bond donors (Lipinski definition) is 2. The molecule has 0 saturated heterocycles. The SMILES string of the molecule is C=C(C)C(=O)NCC(=O)NC(Cc1ccccc1)C(=O)Oc1ccc([N+](=O)[O-])cc1. The highest BCUT2D eigenvalue weighted by Gasteiger charge is 2.24. The number of nitrogens with zero attached hydrogens (tertiary/aromatic N) is 1. The van der Waals surface area contributed by atoms with Gasteiger partial charge in [-0.3, -0.25) is 19.7 Å². The van der Waals surface area contributed by atoms with E-state index in [1.54, 1.807) is 24.3 Å². The molecule has 2 aromatic rings. The van der Waals surface area contributed by atoms with Gasteiger partial charge in [-0.2, -0.15) is 0 Å². The zero-order valence-corrected chi connectivity index (χ0v) is 16.3. The fourth-order valence-electron chi connectivity index (χ4n) is 2.42. The molecule has 0 bridgehead atoms. The van der Waals surface area contributed by atoms with Crippen molar-refractivity contribution >= 4 is 23.5 Å². The lowest BCUT2D eigenvalue weighted by Gasteiger charge is -2.18. The van der Waals surface area contributed by atoms with Gasteiger partial charge in [0.1, 0.15) is 11.8 Å². The minimum absolute atomic E-state index is 0.105. The summed E-state index contributed by atoms with van der Waals surface area (Å²) >= 11 is 0. The molecule has 0 heterocycles. The maximum Gasteiger partial charge on any atom is 0.334 e. The van der Waals surface area contributed by atoms with Gasteiger partial charge in [-0.15, -0.1) is 0 Å². The number of nitro groups is 1. The Morgan fingerprint density at radius 3 is 2.30 bits per heavy atom. The van der Waals surface area contributed by atoms with Gasteiger partial charge in [0.15, 0.2) is 0 Å². The van der Waals surface area contributed by atoms with E-state index in [-0.39, 0.29) is 30.0 Å². The second-order valence-corrected chi connectivity index (χ2v) is 6.44. The van der Waals surface area contributed by atoms with Gasteiger partial charge in [0.2, 0.25) is 11.8 Å². The van der Waals surface area contributed by atoms with Crippen LogP contribution in [0.2, 0.25) is 0 Å². The third kappa shape index (κ3) is 6.86. The van der Waals surface area contributed by atoms with Gasteiger partial charge in [0.05, 0.1) is 11.5 Å². The molecule has 0 spiro atoms. The molecule has 0 aliphatic rings. The average Bonchev–Trinajstić information content (AvgIpc) is 2.72. The van der Waals surface area contributed by atoms with Crippen LogP contribution in [-0.2, 0) is 20.8 Å². The molecule has 0 saturated carbocycles. The van der Waals surface area contributed by atoms with Crippen LogP contribution in [0.3, 0.4) is 0 Å². The first-order valence-corrected chi connectivity index (χ1v) is 8.99. The first-order valence-electron chi connectivity index (χ1n) is 8.99. The fraction of sp³-hybridized carbons (Fsp3) is 0.190. The van der Waals surface area contributed by atoms with Crippen LogP contribution in [0.1, 0.15) is 12.5 Å². The Hall–Kier alpha value is -4.01. The van der Waals surface area contributed by atoms with E-state index in [2.05, 4.69) is 17.2 Å². The number of carbonyl (C=O) groups is 3. The van der Waals surface area contributed by atoms with E-state index in [0.29, 0.717) is 0 Å². The molecule has 0 fully saturated rings. The van der Waals surface area contributed by atoms with E-state index in [1.807, 2.05) is 6.07 Å². The van der Waals surface area contributed by atoms with Gasteiger partial charge < -0.3 is 15.4 Å². The highest BCUT2D eigenvalue weighted by atomic mass is 16.6. The lowest BCUT2D eigenvalue weighted by molar-refractivity contribution is -0.384. The zero-order valence-electron chi connectivity index (χ0n) is 16.3. The van der Waals surface area contributed by atoms with Crippen LogP contribution >= 0.6 is 0 Å². The molecule has 9 heteroatoms. The summed E-state index contributed by atoms with van der Waals surface area (Å²) in [4.78, 5) is 46.6. The normalized spacial score (nSPS) is 11.1. The van der Waals surface area contributed by atoms with Crippen molar-refractivity contribution in [2.75, 3.05) is 6.54 Å². The number of amides is 2. The van der Waals surface area contributed by atoms with Crippen molar-refractivity contribution in [3.8, 4) is 5.75 Å². The van der Waals surface area contributed by atoms with Crippen molar-refractivity contribution < 1.29 is 24.0 Å². The summed E-state index contributed by atoms with van der Waals surface area (Å²) in [7, 11) is 0. The number of hydrogen-bond acceptors (Lipinski definition) is 6. The van der Waals surface area contributed by atoms with E-state index >= 15 is 0 Å². The largest absolute Gasteiger partial charge is 0.425 e. The van der Waals surface area contributed by atoms with E-state index in [4.69, 9.17) is 4.74 Å². The van der Waals surface area contributed by atoms with E-state index in [1.165, 1.54) is 31.2 Å². The molecule has 30 heavy (non-hydrogen) atoms. The predicted molar refractivity (Wildman–Crippen MR) is 109 cm³/mol. The van der Waals surface area contributed by atoms with Crippen LogP contribution in [-0.4, -0.2) is 35.3 Å². The Balaban J connectivity index is 2.08. The minimum Gasteiger partial charge on any atom is -0.425 e. The van der Waals surface area contributed by atoms with Crippen LogP contribution in [0.5, 0.6) is 5.75 Å². The number of nitrogens with one attached hydrogen (secondary N) is 2. The van der Waals surface area contributed by atoms with Crippen molar-refractivity contribution in [2.24, 2.45) is 0 Å². The molecule has 2 rings (SSSR count). The summed E-state index contributed by atoms with van der Waals surface area (Å²) in [5.41, 5.74) is 0.896. The minimum atomic E-state index is -1.03. The number of benzene rings is 2. The number of rotatable bonds is 9. The van der Waals surface area contributed by atoms with Crippen molar-refractivity contribution in [2.45, 2.75) is 19.4 Å². The summed E-state index contributed by atoms with van der Waals surface area (Å²) in [6.07, 6.45) is 0.160. The van der Waals surface area contributed by atoms with E-state index in [9.17, 15) is 24.5 Å². The van der Waals surface area contributed by atoms with Gasteiger partial charge >= 0.3 is 5.97 Å². The van der Waals surface area contributed by atoms with Gasteiger partial charge in [-0.25, -0.2) is 4.79 Å². The molecule has 0 aliphatic heterocycles. The Kier molecular flexibility index (Phi) is 7.81. The summed E-state index contributed by atoms with van der Waals surface area (Å²) in [6.45, 7) is 4.66. The average molecular weight is 411 g/mol. The molecular formula is C21H21N3O6. The van der Waals surface area contributed by atoms with Crippen LogP contribution in [0.25, 0.3) is 0 Å². The third-order valence-electron chi connectivity index (χ3n) is 3.97.